The maximum Gasteiger partial charge on any atom is 0.274 e. The van der Waals surface area contributed by atoms with Crippen LogP contribution in [-0.4, -0.2) is 42.4 Å². The molecule has 1 aliphatic carbocycles. The summed E-state index contributed by atoms with van der Waals surface area (Å²) < 4.78 is 54.2. The minimum atomic E-state index is -3.82. The lowest BCUT2D eigenvalue weighted by Gasteiger charge is -2.27. The van der Waals surface area contributed by atoms with Crippen LogP contribution >= 0.6 is 0 Å². The zero-order chi connectivity index (χ0) is 24.1. The van der Waals surface area contributed by atoms with Gasteiger partial charge in [-0.25, -0.2) is 26.5 Å². The van der Waals surface area contributed by atoms with E-state index in [-0.39, 0.29) is 22.9 Å². The topological polar surface area (TPSA) is 118 Å². The highest BCUT2D eigenvalue weighted by Crippen LogP contribution is 2.45. The van der Waals surface area contributed by atoms with E-state index in [4.69, 9.17) is 5.73 Å². The van der Waals surface area contributed by atoms with E-state index in [0.29, 0.717) is 17.9 Å². The number of amides is 1. The third kappa shape index (κ3) is 4.45. The van der Waals surface area contributed by atoms with E-state index < -0.39 is 39.4 Å². The first-order chi connectivity index (χ1) is 15.5. The van der Waals surface area contributed by atoms with E-state index in [1.165, 1.54) is 13.2 Å². The van der Waals surface area contributed by atoms with Crippen LogP contribution in [0.2, 0.25) is 0 Å². The molecule has 1 fully saturated rings. The van der Waals surface area contributed by atoms with E-state index in [0.717, 1.165) is 27.9 Å². The van der Waals surface area contributed by atoms with Gasteiger partial charge < -0.3 is 11.1 Å². The van der Waals surface area contributed by atoms with Gasteiger partial charge in [-0.05, 0) is 42.0 Å². The zero-order valence-corrected chi connectivity index (χ0v) is 18.9. The van der Waals surface area contributed by atoms with Crippen LogP contribution in [0.4, 0.5) is 14.5 Å². The molecular formula is C22H23F2N5O3S. The molecule has 11 heteroatoms. The summed E-state index contributed by atoms with van der Waals surface area (Å²) >= 11 is 0. The number of allylic oxidation sites excluding steroid dienone is 1. The van der Waals surface area contributed by atoms with Gasteiger partial charge in [0.1, 0.15) is 17.3 Å². The molecule has 1 amide bonds. The van der Waals surface area contributed by atoms with Crippen molar-refractivity contribution in [3.8, 4) is 0 Å². The summed E-state index contributed by atoms with van der Waals surface area (Å²) in [6.45, 7) is 6.08. The first kappa shape index (κ1) is 22.8. The van der Waals surface area contributed by atoms with Crippen LogP contribution in [0.1, 0.15) is 34.6 Å². The SMILES string of the molecule is C=C1C(C)C1Cc1ccnc(C(=O)Nc2cc(C3CS(=O)(=O)N(C)C(N)=N3)c(F)cc2F)c1. The standard InChI is InChI=1S/C22H23F2N5O3S/c1-11-12(2)14(11)6-13-4-5-26-19(7-13)21(30)27-18-8-15(16(23)9-17(18)24)20-10-33(31,32)29(3)22(25)28-20/h4-5,7-9,12,14,20H,1,6,10H2,2-3H3,(H2,25,28)(H,27,30). The van der Waals surface area contributed by atoms with Gasteiger partial charge in [0.2, 0.25) is 16.0 Å². The summed E-state index contributed by atoms with van der Waals surface area (Å²) in [5.41, 5.74) is 7.25. The van der Waals surface area contributed by atoms with Gasteiger partial charge >= 0.3 is 0 Å². The number of nitrogens with two attached hydrogens (primary N) is 1. The van der Waals surface area contributed by atoms with Gasteiger partial charge in [0.15, 0.2) is 0 Å². The Morgan fingerprint density at radius 3 is 2.64 bits per heavy atom. The van der Waals surface area contributed by atoms with E-state index in [9.17, 15) is 22.0 Å². The van der Waals surface area contributed by atoms with Gasteiger partial charge in [0.05, 0.1) is 17.5 Å². The number of hydrogen-bond donors (Lipinski definition) is 2. The van der Waals surface area contributed by atoms with Crippen molar-refractivity contribution < 1.29 is 22.0 Å². The van der Waals surface area contributed by atoms with E-state index in [1.54, 1.807) is 12.1 Å². The van der Waals surface area contributed by atoms with E-state index >= 15 is 0 Å². The van der Waals surface area contributed by atoms with Gasteiger partial charge in [-0.2, -0.15) is 0 Å². The summed E-state index contributed by atoms with van der Waals surface area (Å²) in [4.78, 5) is 20.8. The molecule has 3 N–H and O–H groups in total. The van der Waals surface area contributed by atoms with Gasteiger partial charge in [-0.1, -0.05) is 19.1 Å². The van der Waals surface area contributed by atoms with Crippen LogP contribution in [0.5, 0.6) is 0 Å². The molecule has 1 saturated carbocycles. The molecule has 0 bridgehead atoms. The maximum atomic E-state index is 14.5. The van der Waals surface area contributed by atoms with Crippen molar-refractivity contribution >= 4 is 27.6 Å². The number of nitrogens with one attached hydrogen (secondary N) is 1. The molecule has 2 heterocycles. The molecule has 4 rings (SSSR count). The molecule has 3 unspecified atom stereocenters. The predicted octanol–water partition coefficient (Wildman–Crippen LogP) is 2.61. The quantitative estimate of drug-likeness (QED) is 0.645. The summed E-state index contributed by atoms with van der Waals surface area (Å²) in [6.07, 6.45) is 2.22. The third-order valence-corrected chi connectivity index (χ3v) is 7.92. The number of anilines is 1. The number of aliphatic imine (C=N–C) groups is 1. The fraction of sp³-hybridized carbons (Fsp3) is 0.318. The van der Waals surface area contributed by atoms with Gasteiger partial charge in [-0.15, -0.1) is 0 Å². The Kier molecular flexibility index (Phi) is 5.69. The summed E-state index contributed by atoms with van der Waals surface area (Å²) in [5, 5.41) is 2.39. The summed E-state index contributed by atoms with van der Waals surface area (Å²) in [7, 11) is -2.58. The Bertz CT molecular complexity index is 1290. The summed E-state index contributed by atoms with van der Waals surface area (Å²) in [5.74, 6) is -2.76. The first-order valence-electron chi connectivity index (χ1n) is 10.2. The van der Waals surface area contributed by atoms with Crippen molar-refractivity contribution in [2.24, 2.45) is 22.6 Å². The molecule has 174 valence electrons. The van der Waals surface area contributed by atoms with Crippen molar-refractivity contribution in [1.29, 1.82) is 0 Å². The molecule has 33 heavy (non-hydrogen) atoms. The molecule has 1 aliphatic heterocycles. The highest BCUT2D eigenvalue weighted by molar-refractivity contribution is 7.89. The number of benzene rings is 1. The minimum absolute atomic E-state index is 0.0702. The minimum Gasteiger partial charge on any atom is -0.369 e. The fourth-order valence-corrected chi connectivity index (χ4v) is 5.03. The molecule has 2 aliphatic rings. The van der Waals surface area contributed by atoms with E-state index in [1.807, 2.05) is 0 Å². The number of guanidine groups is 1. The number of carbonyl (C=O) groups excluding carboxylic acids is 1. The van der Waals surface area contributed by atoms with Crippen LogP contribution in [0.15, 0.2) is 47.6 Å². The average Bonchev–Trinajstić information content (AvgIpc) is 3.31. The Balaban J connectivity index is 1.58. The van der Waals surface area contributed by atoms with Crippen LogP contribution in [-0.2, 0) is 16.4 Å². The maximum absolute atomic E-state index is 14.5. The number of nitrogens with zero attached hydrogens (tertiary/aromatic N) is 3. The average molecular weight is 476 g/mol. The van der Waals surface area contributed by atoms with Crippen LogP contribution in [0, 0.1) is 23.5 Å². The molecule has 1 aromatic heterocycles. The number of carbonyl (C=O) groups is 1. The number of rotatable bonds is 5. The number of sulfonamides is 1. The Labute approximate surface area is 190 Å². The zero-order valence-electron chi connectivity index (χ0n) is 18.0. The largest absolute Gasteiger partial charge is 0.369 e. The lowest BCUT2D eigenvalue weighted by atomic mass is 10.1. The van der Waals surface area contributed by atoms with Crippen LogP contribution < -0.4 is 11.1 Å². The first-order valence-corrected chi connectivity index (χ1v) is 11.8. The number of hydrogen-bond acceptors (Lipinski definition) is 6. The van der Waals surface area contributed by atoms with Gasteiger partial charge in [-0.3, -0.25) is 9.78 Å². The van der Waals surface area contributed by atoms with Crippen LogP contribution in [0.25, 0.3) is 0 Å². The molecule has 0 radical (unpaired) electrons. The highest BCUT2D eigenvalue weighted by atomic mass is 32.2. The van der Waals surface area contributed by atoms with Crippen LogP contribution in [0.3, 0.4) is 0 Å². The van der Waals surface area contributed by atoms with Crippen molar-refractivity contribution in [3.05, 3.63) is 71.1 Å². The molecule has 0 spiro atoms. The summed E-state index contributed by atoms with van der Waals surface area (Å²) in [6, 6.07) is 3.84. The third-order valence-electron chi connectivity index (χ3n) is 6.16. The molecule has 1 aromatic carbocycles. The smallest absolute Gasteiger partial charge is 0.274 e. The number of halogens is 2. The lowest BCUT2D eigenvalue weighted by Crippen LogP contribution is -2.45. The Morgan fingerprint density at radius 2 is 2.00 bits per heavy atom. The Hall–Kier alpha value is -3.34. The van der Waals surface area contributed by atoms with E-state index in [2.05, 4.69) is 28.8 Å². The highest BCUT2D eigenvalue weighted by Gasteiger charge is 2.37. The Morgan fingerprint density at radius 1 is 1.30 bits per heavy atom. The van der Waals surface area contributed by atoms with Crippen molar-refractivity contribution in [2.75, 3.05) is 18.1 Å². The second-order valence-corrected chi connectivity index (χ2v) is 10.3. The second-order valence-electron chi connectivity index (χ2n) is 8.28. The monoisotopic (exact) mass is 475 g/mol. The normalized spacial score (nSPS) is 23.8. The molecular weight excluding hydrogens is 452 g/mol. The van der Waals surface area contributed by atoms with Gasteiger partial charge in [0.25, 0.3) is 5.91 Å². The molecule has 3 atom stereocenters. The lowest BCUT2D eigenvalue weighted by molar-refractivity contribution is 0.102. The number of pyridine rings is 1. The van der Waals surface area contributed by atoms with Crippen molar-refractivity contribution in [2.45, 2.75) is 19.4 Å². The molecule has 2 aromatic rings. The number of aromatic nitrogens is 1. The van der Waals surface area contributed by atoms with Crippen molar-refractivity contribution in [1.82, 2.24) is 9.29 Å². The predicted molar refractivity (Wildman–Crippen MR) is 120 cm³/mol. The second kappa shape index (κ2) is 8.22. The molecule has 8 nitrogen and oxygen atoms in total. The van der Waals surface area contributed by atoms with Crippen molar-refractivity contribution in [3.63, 3.8) is 0 Å². The fourth-order valence-electron chi connectivity index (χ4n) is 3.82. The van der Waals surface area contributed by atoms with Gasteiger partial charge in [0, 0.05) is 24.9 Å². The molecule has 0 saturated heterocycles.